The second kappa shape index (κ2) is 6.66. The third kappa shape index (κ3) is 3.02. The van der Waals surface area contributed by atoms with E-state index in [4.69, 9.17) is 0 Å². The van der Waals surface area contributed by atoms with Crippen molar-refractivity contribution < 1.29 is 4.79 Å². The normalized spacial score (nSPS) is 20.2. The van der Waals surface area contributed by atoms with E-state index in [0.717, 1.165) is 41.9 Å². The van der Waals surface area contributed by atoms with Crippen molar-refractivity contribution in [2.45, 2.75) is 51.1 Å². The van der Waals surface area contributed by atoms with Crippen LogP contribution in [0.15, 0.2) is 35.1 Å². The molecule has 0 radical (unpaired) electrons. The number of aryl methyl sites for hydroxylation is 1. The van der Waals surface area contributed by atoms with E-state index in [1.165, 1.54) is 15.9 Å². The van der Waals surface area contributed by atoms with Gasteiger partial charge in [0.05, 0.1) is 11.6 Å². The molecule has 1 aromatic carbocycles. The molecule has 2 fully saturated rings. The lowest BCUT2D eigenvalue weighted by Gasteiger charge is -2.27. The predicted molar refractivity (Wildman–Crippen MR) is 111 cm³/mol. The van der Waals surface area contributed by atoms with Gasteiger partial charge in [-0.25, -0.2) is 9.78 Å². The Balaban J connectivity index is 1.42. The van der Waals surface area contributed by atoms with Crippen LogP contribution in [0.3, 0.4) is 0 Å². The summed E-state index contributed by atoms with van der Waals surface area (Å²) in [6.07, 6.45) is 3.69. The number of likely N-dealkylation sites (tertiary alicyclic amines) is 1. The summed E-state index contributed by atoms with van der Waals surface area (Å²) in [7, 11) is 0. The zero-order valence-corrected chi connectivity index (χ0v) is 17.3. The summed E-state index contributed by atoms with van der Waals surface area (Å²) >= 11 is 1.40. The minimum atomic E-state index is -0.244. The van der Waals surface area contributed by atoms with Crippen LogP contribution < -0.4 is 10.9 Å². The molecule has 0 bridgehead atoms. The standard InChI is InChI=1S/C21H23N5O2S/c1-13-14(2)22-20-26(18(13)27)24-17(29-20)16-9-6-12-25(16)19(28)23-21(10-11-21)15-7-4-3-5-8-15/h3-5,7-8,16H,6,9-12H2,1-2H3,(H,23,28)/t16-/m1/s1. The van der Waals surface area contributed by atoms with E-state index in [9.17, 15) is 9.59 Å². The Bertz CT molecular complexity index is 1150. The van der Waals surface area contributed by atoms with Crippen molar-refractivity contribution >= 4 is 22.3 Å². The van der Waals surface area contributed by atoms with Crippen LogP contribution in [0.25, 0.3) is 4.96 Å². The van der Waals surface area contributed by atoms with Crippen molar-refractivity contribution in [3.63, 3.8) is 0 Å². The molecule has 1 saturated heterocycles. The Labute approximate surface area is 172 Å². The molecule has 5 rings (SSSR count). The van der Waals surface area contributed by atoms with Crippen LogP contribution in [-0.4, -0.2) is 32.1 Å². The van der Waals surface area contributed by atoms with Crippen molar-refractivity contribution in [2.24, 2.45) is 0 Å². The number of hydrogen-bond donors (Lipinski definition) is 1. The van der Waals surface area contributed by atoms with Crippen LogP contribution in [0.4, 0.5) is 4.79 Å². The quantitative estimate of drug-likeness (QED) is 0.720. The molecule has 8 heteroatoms. The first kappa shape index (κ1) is 18.3. The second-order valence-electron chi connectivity index (χ2n) is 7.99. The van der Waals surface area contributed by atoms with E-state index in [2.05, 4.69) is 27.5 Å². The van der Waals surface area contributed by atoms with Gasteiger partial charge < -0.3 is 10.2 Å². The molecule has 1 atom stereocenters. The number of carbonyl (C=O) groups is 1. The molecule has 1 aliphatic heterocycles. The lowest BCUT2D eigenvalue weighted by molar-refractivity contribution is 0.187. The molecule has 29 heavy (non-hydrogen) atoms. The summed E-state index contributed by atoms with van der Waals surface area (Å²) < 4.78 is 1.38. The molecule has 0 unspecified atom stereocenters. The lowest BCUT2D eigenvalue weighted by atomic mass is 10.1. The van der Waals surface area contributed by atoms with Crippen molar-refractivity contribution in [3.8, 4) is 0 Å². The third-order valence-electron chi connectivity index (χ3n) is 6.12. The average Bonchev–Trinajstić information content (AvgIpc) is 3.15. The van der Waals surface area contributed by atoms with Crippen LogP contribution in [0.2, 0.25) is 0 Å². The number of urea groups is 1. The van der Waals surface area contributed by atoms with Crippen LogP contribution >= 0.6 is 11.3 Å². The van der Waals surface area contributed by atoms with Crippen molar-refractivity contribution in [2.75, 3.05) is 6.54 Å². The smallest absolute Gasteiger partial charge is 0.318 e. The fraction of sp³-hybridized carbons (Fsp3) is 0.429. The Hall–Kier alpha value is -2.74. The van der Waals surface area contributed by atoms with Gasteiger partial charge in [-0.3, -0.25) is 4.79 Å². The number of nitrogens with one attached hydrogen (secondary N) is 1. The highest BCUT2D eigenvalue weighted by Crippen LogP contribution is 2.46. The first-order valence-electron chi connectivity index (χ1n) is 10.00. The summed E-state index contributed by atoms with van der Waals surface area (Å²) in [6.45, 7) is 4.30. The van der Waals surface area contributed by atoms with Crippen LogP contribution in [0.1, 0.15) is 53.6 Å². The van der Waals surface area contributed by atoms with Crippen LogP contribution in [0, 0.1) is 13.8 Å². The molecule has 2 aromatic heterocycles. The molecule has 3 heterocycles. The molecular weight excluding hydrogens is 386 g/mol. The monoisotopic (exact) mass is 409 g/mol. The molecule has 1 aliphatic carbocycles. The number of nitrogens with zero attached hydrogens (tertiary/aromatic N) is 4. The third-order valence-corrected chi connectivity index (χ3v) is 7.13. The number of rotatable bonds is 3. The largest absolute Gasteiger partial charge is 0.328 e. The van der Waals surface area contributed by atoms with Crippen LogP contribution in [-0.2, 0) is 5.54 Å². The minimum absolute atomic E-state index is 0.0548. The molecular formula is C21H23N5O2S. The van der Waals surface area contributed by atoms with E-state index in [1.807, 2.05) is 30.0 Å². The van der Waals surface area contributed by atoms with Crippen molar-refractivity contribution in [3.05, 3.63) is 62.5 Å². The average molecular weight is 410 g/mol. The summed E-state index contributed by atoms with van der Waals surface area (Å²) in [5, 5.41) is 8.58. The first-order valence-corrected chi connectivity index (χ1v) is 10.8. The van der Waals surface area contributed by atoms with Gasteiger partial charge >= 0.3 is 6.03 Å². The predicted octanol–water partition coefficient (Wildman–Crippen LogP) is 3.30. The van der Waals surface area contributed by atoms with Gasteiger partial charge in [-0.15, -0.1) is 0 Å². The molecule has 150 valence electrons. The first-order chi connectivity index (χ1) is 14.0. The summed E-state index contributed by atoms with van der Waals surface area (Å²) in [5.74, 6) is 0. The zero-order valence-electron chi connectivity index (χ0n) is 16.5. The number of hydrogen-bond acceptors (Lipinski definition) is 5. The Kier molecular flexibility index (Phi) is 4.20. The summed E-state index contributed by atoms with van der Waals surface area (Å²) in [4.78, 5) is 32.6. The van der Waals surface area contributed by atoms with Gasteiger partial charge in [0.1, 0.15) is 5.01 Å². The Morgan fingerprint density at radius 3 is 2.72 bits per heavy atom. The van der Waals surface area contributed by atoms with E-state index in [-0.39, 0.29) is 23.2 Å². The molecule has 1 N–H and O–H groups in total. The van der Waals surface area contributed by atoms with Crippen molar-refractivity contribution in [1.82, 2.24) is 24.8 Å². The van der Waals surface area contributed by atoms with Gasteiger partial charge in [0.15, 0.2) is 0 Å². The maximum Gasteiger partial charge on any atom is 0.318 e. The number of amides is 2. The van der Waals surface area contributed by atoms with E-state index in [0.29, 0.717) is 17.1 Å². The van der Waals surface area contributed by atoms with E-state index in [1.54, 1.807) is 6.92 Å². The van der Waals surface area contributed by atoms with Gasteiger partial charge in [0.2, 0.25) is 4.96 Å². The zero-order chi connectivity index (χ0) is 20.2. The molecule has 2 aliphatic rings. The highest BCUT2D eigenvalue weighted by molar-refractivity contribution is 7.16. The fourth-order valence-corrected chi connectivity index (χ4v) is 5.17. The highest BCUT2D eigenvalue weighted by atomic mass is 32.1. The SMILES string of the molecule is Cc1nc2sc([C@H]3CCCN3C(=O)NC3(c4ccccc4)CC3)nn2c(=O)c1C. The fourth-order valence-electron chi connectivity index (χ4n) is 4.09. The summed E-state index contributed by atoms with van der Waals surface area (Å²) in [6, 6.07) is 9.99. The van der Waals surface area contributed by atoms with Gasteiger partial charge in [-0.2, -0.15) is 9.61 Å². The van der Waals surface area contributed by atoms with Gasteiger partial charge in [0, 0.05) is 17.8 Å². The highest BCUT2D eigenvalue weighted by Gasteiger charge is 2.47. The second-order valence-corrected chi connectivity index (χ2v) is 8.98. The van der Waals surface area contributed by atoms with Crippen LogP contribution in [0.5, 0.6) is 0 Å². The maximum atomic E-state index is 13.2. The molecule has 0 spiro atoms. The molecule has 2 amide bonds. The topological polar surface area (TPSA) is 79.6 Å². The number of benzene rings is 1. The minimum Gasteiger partial charge on any atom is -0.328 e. The number of aromatic nitrogens is 3. The Morgan fingerprint density at radius 1 is 1.24 bits per heavy atom. The van der Waals surface area contributed by atoms with E-state index < -0.39 is 0 Å². The molecule has 1 saturated carbocycles. The van der Waals surface area contributed by atoms with Gasteiger partial charge in [-0.05, 0) is 45.1 Å². The molecule has 3 aromatic rings. The lowest BCUT2D eigenvalue weighted by Crippen LogP contribution is -2.44. The van der Waals surface area contributed by atoms with Crippen molar-refractivity contribution in [1.29, 1.82) is 0 Å². The summed E-state index contributed by atoms with van der Waals surface area (Å²) in [5.41, 5.74) is 2.12. The number of fused-ring (bicyclic) bond motifs is 1. The number of carbonyl (C=O) groups excluding carboxylic acids is 1. The van der Waals surface area contributed by atoms with Gasteiger partial charge in [-0.1, -0.05) is 41.7 Å². The maximum absolute atomic E-state index is 13.2. The Morgan fingerprint density at radius 2 is 2.00 bits per heavy atom. The molecule has 7 nitrogen and oxygen atoms in total. The van der Waals surface area contributed by atoms with E-state index >= 15 is 0 Å². The van der Waals surface area contributed by atoms with Gasteiger partial charge in [0.25, 0.3) is 5.56 Å².